The minimum Gasteiger partial charge on any atom is -0.497 e. The topological polar surface area (TPSA) is 25.0 Å². The summed E-state index contributed by atoms with van der Waals surface area (Å²) in [5.74, 6) is 1.83. The summed E-state index contributed by atoms with van der Waals surface area (Å²) >= 11 is 0. The highest BCUT2D eigenvalue weighted by molar-refractivity contribution is 5.84. The van der Waals surface area contributed by atoms with Crippen LogP contribution in [0.2, 0.25) is 0 Å². The molecule has 1 heterocycles. The van der Waals surface area contributed by atoms with Gasteiger partial charge in [-0.3, -0.25) is 0 Å². The lowest BCUT2D eigenvalue weighted by Crippen LogP contribution is -2.08. The fraction of sp³-hybridized carbons (Fsp3) is 0.500. The zero-order valence-electron chi connectivity index (χ0n) is 11.0. The number of benzene rings is 1. The van der Waals surface area contributed by atoms with E-state index in [4.69, 9.17) is 4.74 Å². The van der Waals surface area contributed by atoms with Crippen molar-refractivity contribution in [3.8, 4) is 5.75 Å². The molecule has 2 heteroatoms. The van der Waals surface area contributed by atoms with Gasteiger partial charge in [0.2, 0.25) is 0 Å². The largest absolute Gasteiger partial charge is 0.497 e. The fourth-order valence-corrected chi connectivity index (χ4v) is 3.16. The Hall–Kier alpha value is -1.44. The number of hydrogen-bond acceptors (Lipinski definition) is 1. The van der Waals surface area contributed by atoms with Crippen LogP contribution in [0.1, 0.15) is 37.7 Å². The summed E-state index contributed by atoms with van der Waals surface area (Å²) in [7, 11) is 1.73. The number of rotatable bonds is 3. The van der Waals surface area contributed by atoms with Gasteiger partial charge < -0.3 is 9.72 Å². The minimum absolute atomic E-state index is 0.879. The number of aromatic amines is 1. The molecule has 96 valence electrons. The van der Waals surface area contributed by atoms with Crippen molar-refractivity contribution in [1.82, 2.24) is 4.98 Å². The van der Waals surface area contributed by atoms with Crippen LogP contribution in [0.15, 0.2) is 24.4 Å². The van der Waals surface area contributed by atoms with E-state index in [0.29, 0.717) is 0 Å². The third-order valence-corrected chi connectivity index (χ3v) is 4.21. The molecule has 0 unspecified atom stereocenters. The third kappa shape index (κ3) is 2.24. The predicted octanol–water partition coefficient (Wildman–Crippen LogP) is 4.30. The van der Waals surface area contributed by atoms with Crippen LogP contribution in [0.4, 0.5) is 0 Å². The summed E-state index contributed by atoms with van der Waals surface area (Å²) in [5.41, 5.74) is 2.68. The zero-order valence-corrected chi connectivity index (χ0v) is 11.0. The van der Waals surface area contributed by atoms with E-state index in [2.05, 4.69) is 23.3 Å². The highest BCUT2D eigenvalue weighted by atomic mass is 16.5. The Morgan fingerprint density at radius 1 is 1.22 bits per heavy atom. The highest BCUT2D eigenvalue weighted by Crippen LogP contribution is 2.30. The molecule has 1 aromatic carbocycles. The maximum atomic E-state index is 5.32. The standard InChI is InChI=1S/C16H21NO/c1-18-14-7-8-16-15(10-14)13(11-17-16)9-12-5-3-2-4-6-12/h7-8,10-12,17H,2-6,9H2,1H3. The average molecular weight is 243 g/mol. The Morgan fingerprint density at radius 3 is 2.83 bits per heavy atom. The van der Waals surface area contributed by atoms with E-state index in [1.807, 2.05) is 6.07 Å². The fourth-order valence-electron chi connectivity index (χ4n) is 3.16. The van der Waals surface area contributed by atoms with Crippen molar-refractivity contribution >= 4 is 10.9 Å². The Morgan fingerprint density at radius 2 is 2.06 bits per heavy atom. The van der Waals surface area contributed by atoms with E-state index in [9.17, 15) is 0 Å². The summed E-state index contributed by atoms with van der Waals surface area (Å²) in [6, 6.07) is 6.28. The first-order valence-electron chi connectivity index (χ1n) is 7.01. The van der Waals surface area contributed by atoms with E-state index in [0.717, 1.165) is 11.7 Å². The van der Waals surface area contributed by atoms with Gasteiger partial charge in [-0.2, -0.15) is 0 Å². The third-order valence-electron chi connectivity index (χ3n) is 4.21. The Labute approximate surface area is 108 Å². The van der Waals surface area contributed by atoms with Crippen LogP contribution in [-0.2, 0) is 6.42 Å². The Balaban J connectivity index is 1.86. The smallest absolute Gasteiger partial charge is 0.119 e. The second kappa shape index (κ2) is 5.05. The molecule has 0 atom stereocenters. The molecule has 2 nitrogen and oxygen atoms in total. The minimum atomic E-state index is 0.879. The molecule has 3 rings (SSSR count). The summed E-state index contributed by atoms with van der Waals surface area (Å²) in [5, 5.41) is 1.33. The predicted molar refractivity (Wildman–Crippen MR) is 75.1 cm³/mol. The maximum absolute atomic E-state index is 5.32. The van der Waals surface area contributed by atoms with E-state index in [-0.39, 0.29) is 0 Å². The molecule has 1 fully saturated rings. The van der Waals surface area contributed by atoms with Crippen LogP contribution in [-0.4, -0.2) is 12.1 Å². The van der Waals surface area contributed by atoms with E-state index in [1.165, 1.54) is 55.0 Å². The summed E-state index contributed by atoms with van der Waals surface area (Å²) in [4.78, 5) is 3.37. The number of H-pyrrole nitrogens is 1. The van der Waals surface area contributed by atoms with Crippen molar-refractivity contribution in [2.45, 2.75) is 38.5 Å². The molecule has 2 aromatic rings. The molecular formula is C16H21NO. The Kier molecular flexibility index (Phi) is 3.26. The molecule has 0 amide bonds. The lowest BCUT2D eigenvalue weighted by molar-refractivity contribution is 0.357. The van der Waals surface area contributed by atoms with Gasteiger partial charge in [-0.15, -0.1) is 0 Å². The summed E-state index contributed by atoms with van der Waals surface area (Å²) in [6.07, 6.45) is 10.4. The van der Waals surface area contributed by atoms with E-state index < -0.39 is 0 Å². The lowest BCUT2D eigenvalue weighted by Gasteiger charge is -2.21. The van der Waals surface area contributed by atoms with Crippen molar-refractivity contribution in [3.05, 3.63) is 30.0 Å². The van der Waals surface area contributed by atoms with E-state index in [1.54, 1.807) is 7.11 Å². The second-order valence-corrected chi connectivity index (χ2v) is 5.43. The molecule has 1 aliphatic carbocycles. The molecule has 0 saturated heterocycles. The molecule has 18 heavy (non-hydrogen) atoms. The maximum Gasteiger partial charge on any atom is 0.119 e. The molecule has 0 bridgehead atoms. The van der Waals surface area contributed by atoms with Crippen LogP contribution in [0, 0.1) is 5.92 Å². The van der Waals surface area contributed by atoms with Crippen molar-refractivity contribution in [2.24, 2.45) is 5.92 Å². The number of aromatic nitrogens is 1. The lowest BCUT2D eigenvalue weighted by atomic mass is 9.85. The van der Waals surface area contributed by atoms with Crippen LogP contribution in [0.5, 0.6) is 5.75 Å². The quantitative estimate of drug-likeness (QED) is 0.854. The van der Waals surface area contributed by atoms with Gasteiger partial charge in [-0.05, 0) is 36.1 Å². The van der Waals surface area contributed by atoms with Crippen molar-refractivity contribution in [3.63, 3.8) is 0 Å². The first-order valence-corrected chi connectivity index (χ1v) is 7.01. The second-order valence-electron chi connectivity index (χ2n) is 5.43. The van der Waals surface area contributed by atoms with Crippen molar-refractivity contribution in [2.75, 3.05) is 7.11 Å². The van der Waals surface area contributed by atoms with Gasteiger partial charge in [0.15, 0.2) is 0 Å². The van der Waals surface area contributed by atoms with Gasteiger partial charge >= 0.3 is 0 Å². The van der Waals surface area contributed by atoms with Crippen LogP contribution >= 0.6 is 0 Å². The molecule has 1 aromatic heterocycles. The molecule has 1 N–H and O–H groups in total. The number of fused-ring (bicyclic) bond motifs is 1. The molecular weight excluding hydrogens is 222 g/mol. The number of nitrogens with one attached hydrogen (secondary N) is 1. The summed E-state index contributed by atoms with van der Waals surface area (Å²) < 4.78 is 5.32. The zero-order chi connectivity index (χ0) is 12.4. The van der Waals surface area contributed by atoms with Gasteiger partial charge in [0.05, 0.1) is 7.11 Å². The molecule has 1 saturated carbocycles. The van der Waals surface area contributed by atoms with Crippen LogP contribution in [0.25, 0.3) is 10.9 Å². The SMILES string of the molecule is COc1ccc2[nH]cc(CC3CCCCC3)c2c1. The van der Waals surface area contributed by atoms with Crippen LogP contribution in [0.3, 0.4) is 0 Å². The number of ether oxygens (including phenoxy) is 1. The normalized spacial score (nSPS) is 17.2. The number of hydrogen-bond donors (Lipinski definition) is 1. The van der Waals surface area contributed by atoms with Gasteiger partial charge in [0.25, 0.3) is 0 Å². The van der Waals surface area contributed by atoms with Crippen molar-refractivity contribution in [1.29, 1.82) is 0 Å². The molecule has 0 spiro atoms. The first-order chi connectivity index (χ1) is 8.86. The van der Waals surface area contributed by atoms with Gasteiger partial charge in [0, 0.05) is 17.1 Å². The van der Waals surface area contributed by atoms with Crippen molar-refractivity contribution < 1.29 is 4.74 Å². The monoisotopic (exact) mass is 243 g/mol. The van der Waals surface area contributed by atoms with Gasteiger partial charge in [-0.1, -0.05) is 32.1 Å². The first kappa shape index (κ1) is 11.6. The van der Waals surface area contributed by atoms with Gasteiger partial charge in [-0.25, -0.2) is 0 Å². The van der Waals surface area contributed by atoms with Crippen LogP contribution < -0.4 is 4.74 Å². The number of methoxy groups -OCH3 is 1. The highest BCUT2D eigenvalue weighted by Gasteiger charge is 2.16. The molecule has 0 aliphatic heterocycles. The van der Waals surface area contributed by atoms with Gasteiger partial charge in [0.1, 0.15) is 5.75 Å². The molecule has 1 aliphatic rings. The molecule has 0 radical (unpaired) electrons. The summed E-state index contributed by atoms with van der Waals surface area (Å²) in [6.45, 7) is 0. The van der Waals surface area contributed by atoms with E-state index >= 15 is 0 Å². The Bertz CT molecular complexity index is 523. The average Bonchev–Trinajstić information content (AvgIpc) is 2.82.